The van der Waals surface area contributed by atoms with E-state index in [4.69, 9.17) is 5.14 Å². The summed E-state index contributed by atoms with van der Waals surface area (Å²) in [7, 11) is -3.74. The van der Waals surface area contributed by atoms with E-state index in [0.29, 0.717) is 25.1 Å². The van der Waals surface area contributed by atoms with Crippen LogP contribution in [-0.4, -0.2) is 21.6 Å². The van der Waals surface area contributed by atoms with Gasteiger partial charge < -0.3 is 9.64 Å². The second kappa shape index (κ2) is 6.37. The number of fused-ring (bicyclic) bond motifs is 1. The summed E-state index contributed by atoms with van der Waals surface area (Å²) in [6, 6.07) is 11.3. The first-order valence-corrected chi connectivity index (χ1v) is 8.82. The molecular weight excluding hydrogens is 338 g/mol. The lowest BCUT2D eigenvalue weighted by Crippen LogP contribution is -2.20. The van der Waals surface area contributed by atoms with Gasteiger partial charge in [-0.2, -0.15) is 8.78 Å². The predicted molar refractivity (Wildman–Crippen MR) is 85.6 cm³/mol. The number of primary sulfonamides is 1. The SMILES string of the molecule is NS(=O)(=O)c1ccc2c(c1)CCN2Cc1ccccc1OC(F)F. The quantitative estimate of drug-likeness (QED) is 0.895. The average Bonchev–Trinajstić information content (AvgIpc) is 2.90. The molecule has 1 heterocycles. The van der Waals surface area contributed by atoms with E-state index >= 15 is 0 Å². The number of halogens is 2. The molecule has 0 bridgehead atoms. The van der Waals surface area contributed by atoms with Gasteiger partial charge >= 0.3 is 6.61 Å². The normalized spacial score (nSPS) is 14.1. The van der Waals surface area contributed by atoms with E-state index in [0.717, 1.165) is 11.3 Å². The molecule has 8 heteroatoms. The number of hydrogen-bond acceptors (Lipinski definition) is 4. The summed E-state index contributed by atoms with van der Waals surface area (Å²) in [5.41, 5.74) is 2.38. The first-order valence-electron chi connectivity index (χ1n) is 7.28. The standard InChI is InChI=1S/C16H16F2N2O3S/c17-16(18)23-15-4-2-1-3-12(15)10-20-8-7-11-9-13(24(19,21)22)5-6-14(11)20/h1-6,9,16H,7-8,10H2,(H2,19,21,22). The van der Waals surface area contributed by atoms with Crippen LogP contribution in [0.1, 0.15) is 11.1 Å². The van der Waals surface area contributed by atoms with E-state index in [9.17, 15) is 17.2 Å². The minimum Gasteiger partial charge on any atom is -0.434 e. The van der Waals surface area contributed by atoms with Gasteiger partial charge in [0.15, 0.2) is 0 Å². The third-order valence-corrected chi connectivity index (χ3v) is 4.83. The van der Waals surface area contributed by atoms with E-state index in [1.54, 1.807) is 30.3 Å². The van der Waals surface area contributed by atoms with Crippen LogP contribution in [0, 0.1) is 0 Å². The van der Waals surface area contributed by atoms with Crippen LogP contribution in [0.25, 0.3) is 0 Å². The lowest BCUT2D eigenvalue weighted by Gasteiger charge is -2.21. The fourth-order valence-corrected chi connectivity index (χ4v) is 3.40. The molecule has 0 aliphatic carbocycles. The lowest BCUT2D eigenvalue weighted by molar-refractivity contribution is -0.0504. The highest BCUT2D eigenvalue weighted by atomic mass is 32.2. The van der Waals surface area contributed by atoms with E-state index in [1.807, 2.05) is 4.90 Å². The minimum absolute atomic E-state index is 0.0736. The summed E-state index contributed by atoms with van der Waals surface area (Å²) < 4.78 is 52.4. The number of anilines is 1. The number of hydrogen-bond donors (Lipinski definition) is 1. The lowest BCUT2D eigenvalue weighted by atomic mass is 10.1. The average molecular weight is 354 g/mol. The highest BCUT2D eigenvalue weighted by Crippen LogP contribution is 2.32. The van der Waals surface area contributed by atoms with Crippen molar-refractivity contribution in [3.05, 3.63) is 53.6 Å². The van der Waals surface area contributed by atoms with Gasteiger partial charge in [0.25, 0.3) is 0 Å². The molecule has 2 aromatic carbocycles. The molecule has 0 amide bonds. The van der Waals surface area contributed by atoms with Crippen LogP contribution >= 0.6 is 0 Å². The maximum absolute atomic E-state index is 12.5. The number of sulfonamides is 1. The van der Waals surface area contributed by atoms with Gasteiger partial charge in [0, 0.05) is 24.3 Å². The van der Waals surface area contributed by atoms with E-state index in [2.05, 4.69) is 4.74 Å². The molecule has 0 unspecified atom stereocenters. The molecule has 0 spiro atoms. The van der Waals surface area contributed by atoms with Crippen LogP contribution in [0.5, 0.6) is 5.75 Å². The molecule has 0 fully saturated rings. The molecule has 5 nitrogen and oxygen atoms in total. The zero-order valence-electron chi connectivity index (χ0n) is 12.7. The summed E-state index contributed by atoms with van der Waals surface area (Å²) in [6.45, 7) is -1.83. The van der Waals surface area contributed by atoms with E-state index in [-0.39, 0.29) is 10.6 Å². The Kier molecular flexibility index (Phi) is 4.42. The molecule has 0 saturated carbocycles. The molecule has 0 saturated heterocycles. The number of ether oxygens (including phenoxy) is 1. The number of para-hydroxylation sites is 1. The molecule has 0 aromatic heterocycles. The fraction of sp³-hybridized carbons (Fsp3) is 0.250. The van der Waals surface area contributed by atoms with Gasteiger partial charge in [0.05, 0.1) is 4.90 Å². The van der Waals surface area contributed by atoms with E-state index < -0.39 is 16.6 Å². The Morgan fingerprint density at radius 3 is 2.67 bits per heavy atom. The molecule has 128 valence electrons. The van der Waals surface area contributed by atoms with Crippen molar-refractivity contribution in [2.24, 2.45) is 5.14 Å². The summed E-state index contributed by atoms with van der Waals surface area (Å²) in [4.78, 5) is 2.07. The molecule has 0 radical (unpaired) electrons. The van der Waals surface area contributed by atoms with Crippen LogP contribution in [0.4, 0.5) is 14.5 Å². The third kappa shape index (κ3) is 3.49. The highest BCUT2D eigenvalue weighted by molar-refractivity contribution is 7.89. The first-order chi connectivity index (χ1) is 11.3. The zero-order chi connectivity index (χ0) is 17.3. The Balaban J connectivity index is 1.86. The summed E-state index contributed by atoms with van der Waals surface area (Å²) in [6.07, 6.45) is 0.663. The van der Waals surface area contributed by atoms with Gasteiger partial charge in [-0.15, -0.1) is 0 Å². The predicted octanol–water partition coefficient (Wildman–Crippen LogP) is 2.50. The maximum atomic E-state index is 12.5. The Hall–Kier alpha value is -2.19. The fourth-order valence-electron chi connectivity index (χ4n) is 2.84. The van der Waals surface area contributed by atoms with Gasteiger partial charge in [-0.3, -0.25) is 0 Å². The molecular formula is C16H16F2N2O3S. The number of benzene rings is 2. The Bertz CT molecular complexity index is 856. The van der Waals surface area contributed by atoms with Crippen LogP contribution in [0.3, 0.4) is 0 Å². The van der Waals surface area contributed by atoms with Gasteiger partial charge in [-0.05, 0) is 36.2 Å². The van der Waals surface area contributed by atoms with Crippen molar-refractivity contribution in [1.82, 2.24) is 0 Å². The summed E-state index contributed by atoms with van der Waals surface area (Å²) in [5.74, 6) is 0.141. The van der Waals surface area contributed by atoms with Crippen LogP contribution < -0.4 is 14.8 Å². The Labute approximate surface area is 138 Å². The topological polar surface area (TPSA) is 72.6 Å². The molecule has 2 aromatic rings. The van der Waals surface area contributed by atoms with E-state index in [1.165, 1.54) is 12.1 Å². The monoisotopic (exact) mass is 354 g/mol. The molecule has 1 aliphatic rings. The van der Waals surface area contributed by atoms with Crippen molar-refractivity contribution >= 4 is 15.7 Å². The third-order valence-electron chi connectivity index (χ3n) is 3.92. The maximum Gasteiger partial charge on any atom is 0.387 e. The van der Waals surface area contributed by atoms with Crippen LogP contribution in [0.2, 0.25) is 0 Å². The second-order valence-corrected chi connectivity index (χ2v) is 7.05. The van der Waals surface area contributed by atoms with Crippen molar-refractivity contribution in [3.63, 3.8) is 0 Å². The first kappa shape index (κ1) is 16.7. The Morgan fingerprint density at radius 2 is 1.96 bits per heavy atom. The molecule has 2 N–H and O–H groups in total. The number of alkyl halides is 2. The number of nitrogens with zero attached hydrogens (tertiary/aromatic N) is 1. The number of nitrogens with two attached hydrogens (primary N) is 1. The largest absolute Gasteiger partial charge is 0.434 e. The van der Waals surface area contributed by atoms with Gasteiger partial charge in [0.1, 0.15) is 5.75 Å². The van der Waals surface area contributed by atoms with Crippen LogP contribution in [-0.2, 0) is 23.0 Å². The minimum atomic E-state index is -3.74. The second-order valence-electron chi connectivity index (χ2n) is 5.49. The van der Waals surface area contributed by atoms with Gasteiger partial charge in [0.2, 0.25) is 10.0 Å². The number of rotatable bonds is 5. The van der Waals surface area contributed by atoms with Crippen molar-refractivity contribution in [1.29, 1.82) is 0 Å². The van der Waals surface area contributed by atoms with Gasteiger partial charge in [-0.1, -0.05) is 18.2 Å². The smallest absolute Gasteiger partial charge is 0.387 e. The molecule has 24 heavy (non-hydrogen) atoms. The molecule has 0 atom stereocenters. The van der Waals surface area contributed by atoms with Crippen molar-refractivity contribution < 1.29 is 21.9 Å². The zero-order valence-corrected chi connectivity index (χ0v) is 13.5. The van der Waals surface area contributed by atoms with Crippen molar-refractivity contribution in [2.75, 3.05) is 11.4 Å². The molecule has 1 aliphatic heterocycles. The summed E-state index contributed by atoms with van der Waals surface area (Å²) >= 11 is 0. The highest BCUT2D eigenvalue weighted by Gasteiger charge is 2.22. The molecule has 3 rings (SSSR count). The van der Waals surface area contributed by atoms with Gasteiger partial charge in [-0.25, -0.2) is 13.6 Å². The Morgan fingerprint density at radius 1 is 1.21 bits per heavy atom. The van der Waals surface area contributed by atoms with Crippen LogP contribution in [0.15, 0.2) is 47.4 Å². The van der Waals surface area contributed by atoms with Crippen molar-refractivity contribution in [3.8, 4) is 5.75 Å². The summed E-state index contributed by atoms with van der Waals surface area (Å²) in [5, 5.41) is 5.15. The van der Waals surface area contributed by atoms with Crippen molar-refractivity contribution in [2.45, 2.75) is 24.5 Å².